The smallest absolute Gasteiger partial charge is 0.322 e. The first kappa shape index (κ1) is 24.8. The van der Waals surface area contributed by atoms with Gasteiger partial charge in [0.2, 0.25) is 0 Å². The van der Waals surface area contributed by atoms with Gasteiger partial charge in [-0.15, -0.1) is 11.3 Å². The van der Waals surface area contributed by atoms with Crippen molar-refractivity contribution in [3.05, 3.63) is 45.9 Å². The maximum absolute atomic E-state index is 12.8. The first-order chi connectivity index (χ1) is 14.8. The third-order valence-electron chi connectivity index (χ3n) is 4.80. The van der Waals surface area contributed by atoms with Gasteiger partial charge in [-0.2, -0.15) is 0 Å². The number of nitrogens with zero attached hydrogens (tertiary/aromatic N) is 2. The van der Waals surface area contributed by atoms with Crippen molar-refractivity contribution in [3.63, 3.8) is 0 Å². The number of carbonyl (C=O) groups is 2. The Bertz CT molecular complexity index is 834. The number of rotatable bonds is 11. The fourth-order valence-corrected chi connectivity index (χ4v) is 3.61. The number of carbonyl (C=O) groups excluding carboxylic acids is 2. The number of anilines is 1. The van der Waals surface area contributed by atoms with Crippen molar-refractivity contribution >= 4 is 29.0 Å². The molecule has 1 aromatic heterocycles. The van der Waals surface area contributed by atoms with Gasteiger partial charge in [0.25, 0.3) is 5.91 Å². The fourth-order valence-electron chi connectivity index (χ4n) is 2.82. The van der Waals surface area contributed by atoms with Crippen molar-refractivity contribution in [2.75, 3.05) is 32.1 Å². The largest absolute Gasteiger partial charge is 0.383 e. The molecule has 1 aromatic carbocycles. The number of methoxy groups -OCH3 is 1. The summed E-state index contributed by atoms with van der Waals surface area (Å²) < 4.78 is 5.16. The number of thiazole rings is 1. The molecule has 0 radical (unpaired) electrons. The maximum atomic E-state index is 12.8. The van der Waals surface area contributed by atoms with E-state index in [1.807, 2.05) is 24.3 Å². The molecule has 0 aliphatic rings. The molecular weight excluding hydrogens is 412 g/mol. The lowest BCUT2D eigenvalue weighted by Gasteiger charge is -2.22. The highest BCUT2D eigenvalue weighted by Gasteiger charge is 2.18. The third kappa shape index (κ3) is 8.30. The van der Waals surface area contributed by atoms with E-state index in [2.05, 4.69) is 43.3 Å². The Morgan fingerprint density at radius 2 is 1.87 bits per heavy atom. The highest BCUT2D eigenvalue weighted by atomic mass is 32.1. The minimum atomic E-state index is -0.229. The molecule has 3 amide bonds. The molecule has 0 aliphatic carbocycles. The van der Waals surface area contributed by atoms with Gasteiger partial charge in [0.15, 0.2) is 0 Å². The lowest BCUT2D eigenvalue weighted by molar-refractivity contribution is 0.0947. The fraction of sp³-hybridized carbons (Fsp3) is 0.522. The van der Waals surface area contributed by atoms with Crippen molar-refractivity contribution in [1.29, 1.82) is 0 Å². The number of nitrogens with one attached hydrogen (secondary N) is 2. The molecule has 1 heterocycles. The summed E-state index contributed by atoms with van der Waals surface area (Å²) in [5.41, 5.74) is 2.34. The highest BCUT2D eigenvalue weighted by Crippen LogP contribution is 2.18. The Kier molecular flexibility index (Phi) is 9.94. The number of amides is 3. The minimum Gasteiger partial charge on any atom is -0.383 e. The molecule has 0 aliphatic heterocycles. The normalized spacial score (nSPS) is 11.1. The second-order valence-electron chi connectivity index (χ2n) is 8.19. The van der Waals surface area contributed by atoms with Crippen LogP contribution in [0.1, 0.15) is 61.1 Å². The van der Waals surface area contributed by atoms with Gasteiger partial charge in [-0.05, 0) is 36.0 Å². The third-order valence-corrected chi connectivity index (χ3v) is 5.63. The first-order valence-corrected chi connectivity index (χ1v) is 11.6. The van der Waals surface area contributed by atoms with Crippen LogP contribution < -0.4 is 10.6 Å². The van der Waals surface area contributed by atoms with Gasteiger partial charge in [-0.3, -0.25) is 4.79 Å². The summed E-state index contributed by atoms with van der Waals surface area (Å²) in [5.74, 6) is 0.784. The summed E-state index contributed by atoms with van der Waals surface area (Å²) in [6, 6.07) is 7.62. The number of benzene rings is 1. The second kappa shape index (κ2) is 12.4. The molecule has 0 fully saturated rings. The number of aromatic nitrogens is 1. The first-order valence-electron chi connectivity index (χ1n) is 10.7. The molecule has 0 bridgehead atoms. The van der Waals surface area contributed by atoms with Crippen molar-refractivity contribution in [2.45, 2.75) is 46.6 Å². The quantitative estimate of drug-likeness (QED) is 0.523. The summed E-state index contributed by atoms with van der Waals surface area (Å²) in [5, 5.41) is 8.26. The van der Waals surface area contributed by atoms with Crippen LogP contribution >= 0.6 is 11.3 Å². The van der Waals surface area contributed by atoms with Crippen molar-refractivity contribution < 1.29 is 14.3 Å². The van der Waals surface area contributed by atoms with Crippen LogP contribution in [0, 0.1) is 5.92 Å². The molecule has 2 rings (SSSR count). The molecule has 0 unspecified atom stereocenters. The topological polar surface area (TPSA) is 83.6 Å². The lowest BCUT2D eigenvalue weighted by Crippen LogP contribution is -2.36. The van der Waals surface area contributed by atoms with Gasteiger partial charge >= 0.3 is 6.03 Å². The predicted octanol–water partition coefficient (Wildman–Crippen LogP) is 4.72. The van der Waals surface area contributed by atoms with Crippen molar-refractivity contribution in [1.82, 2.24) is 15.2 Å². The molecule has 0 saturated heterocycles. The Labute approximate surface area is 189 Å². The summed E-state index contributed by atoms with van der Waals surface area (Å²) in [6.07, 6.45) is 0.922. The zero-order chi connectivity index (χ0) is 22.8. The van der Waals surface area contributed by atoms with Crippen LogP contribution in [0.4, 0.5) is 10.5 Å². The summed E-state index contributed by atoms with van der Waals surface area (Å²) >= 11 is 1.37. The van der Waals surface area contributed by atoms with E-state index in [-0.39, 0.29) is 11.9 Å². The van der Waals surface area contributed by atoms with E-state index < -0.39 is 0 Å². The number of ether oxygens (including phenoxy) is 1. The molecule has 7 nitrogen and oxygen atoms in total. The lowest BCUT2D eigenvalue weighted by atomic mass is 10.0. The van der Waals surface area contributed by atoms with E-state index in [4.69, 9.17) is 4.74 Å². The molecule has 0 spiro atoms. The molecule has 31 heavy (non-hydrogen) atoms. The molecule has 2 aromatic rings. The second-order valence-corrected chi connectivity index (χ2v) is 9.13. The molecule has 2 N–H and O–H groups in total. The van der Waals surface area contributed by atoms with E-state index in [1.54, 1.807) is 17.4 Å². The van der Waals surface area contributed by atoms with Gasteiger partial charge in [0, 0.05) is 31.3 Å². The van der Waals surface area contributed by atoms with Crippen LogP contribution in [0.25, 0.3) is 0 Å². The van der Waals surface area contributed by atoms with E-state index >= 15 is 0 Å². The summed E-state index contributed by atoms with van der Waals surface area (Å²) in [4.78, 5) is 31.2. The van der Waals surface area contributed by atoms with Crippen LogP contribution in [0.5, 0.6) is 0 Å². The summed E-state index contributed by atoms with van der Waals surface area (Å²) in [7, 11) is 1.60. The molecular formula is C23H34N4O3S. The average molecular weight is 447 g/mol. The molecule has 0 atom stereocenters. The zero-order valence-corrected chi connectivity index (χ0v) is 19.9. The average Bonchev–Trinajstić information content (AvgIpc) is 3.19. The molecule has 170 valence electrons. The van der Waals surface area contributed by atoms with E-state index in [1.165, 1.54) is 16.9 Å². The van der Waals surface area contributed by atoms with Crippen molar-refractivity contribution in [2.24, 2.45) is 5.92 Å². The van der Waals surface area contributed by atoms with E-state index in [9.17, 15) is 9.59 Å². The monoisotopic (exact) mass is 446 g/mol. The van der Waals surface area contributed by atoms with Crippen LogP contribution in [-0.2, 0) is 11.3 Å². The minimum absolute atomic E-state index is 0.179. The van der Waals surface area contributed by atoms with Gasteiger partial charge < -0.3 is 20.3 Å². The van der Waals surface area contributed by atoms with Crippen LogP contribution in [0.3, 0.4) is 0 Å². The Balaban J connectivity index is 1.99. The van der Waals surface area contributed by atoms with Crippen LogP contribution in [0.2, 0.25) is 0 Å². The maximum Gasteiger partial charge on any atom is 0.322 e. The summed E-state index contributed by atoms with van der Waals surface area (Å²) in [6.45, 7) is 10.3. The van der Waals surface area contributed by atoms with Gasteiger partial charge in [-0.1, -0.05) is 39.8 Å². The Morgan fingerprint density at radius 3 is 2.48 bits per heavy atom. The number of hydrogen-bond donors (Lipinski definition) is 2. The van der Waals surface area contributed by atoms with Gasteiger partial charge in [0.05, 0.1) is 13.2 Å². The number of hydrogen-bond acceptors (Lipinski definition) is 5. The highest BCUT2D eigenvalue weighted by molar-refractivity contribution is 7.09. The van der Waals surface area contributed by atoms with Crippen LogP contribution in [0.15, 0.2) is 29.6 Å². The standard InChI is InChI=1S/C23H34N4O3S/c1-16(2)10-11-24-22(28)20-15-31-21(26-20)14-27(12-13-30-5)23(29)25-19-8-6-18(7-9-19)17(3)4/h6-9,15-17H,10-14H2,1-5H3,(H,24,28)(H,25,29). The number of urea groups is 1. The molecule has 8 heteroatoms. The van der Waals surface area contributed by atoms with Crippen LogP contribution in [-0.4, -0.2) is 48.6 Å². The van der Waals surface area contributed by atoms with E-state index in [0.29, 0.717) is 48.8 Å². The predicted molar refractivity (Wildman–Crippen MR) is 126 cm³/mol. The Hall–Kier alpha value is -2.45. The Morgan fingerprint density at radius 1 is 1.16 bits per heavy atom. The van der Waals surface area contributed by atoms with Gasteiger partial charge in [-0.25, -0.2) is 9.78 Å². The SMILES string of the molecule is COCCN(Cc1nc(C(=O)NCCC(C)C)cs1)C(=O)Nc1ccc(C(C)C)cc1. The zero-order valence-electron chi connectivity index (χ0n) is 19.1. The van der Waals surface area contributed by atoms with Crippen molar-refractivity contribution in [3.8, 4) is 0 Å². The molecule has 0 saturated carbocycles. The van der Waals surface area contributed by atoms with E-state index in [0.717, 1.165) is 12.1 Å². The van der Waals surface area contributed by atoms with Gasteiger partial charge in [0.1, 0.15) is 10.7 Å².